The summed E-state index contributed by atoms with van der Waals surface area (Å²) < 4.78 is 0. The van der Waals surface area contributed by atoms with Crippen molar-refractivity contribution in [2.24, 2.45) is 5.92 Å². The van der Waals surface area contributed by atoms with Gasteiger partial charge in [0.15, 0.2) is 0 Å². The van der Waals surface area contributed by atoms with Crippen LogP contribution in [0, 0.1) is 19.8 Å². The van der Waals surface area contributed by atoms with E-state index in [1.165, 1.54) is 53.8 Å². The third kappa shape index (κ3) is 3.32. The first-order valence-corrected chi connectivity index (χ1v) is 7.76. The summed E-state index contributed by atoms with van der Waals surface area (Å²) in [7, 11) is 2.10. The van der Waals surface area contributed by atoms with Crippen LogP contribution in [0.5, 0.6) is 0 Å². The van der Waals surface area contributed by atoms with Crippen LogP contribution in [0.15, 0.2) is 6.07 Å². The summed E-state index contributed by atoms with van der Waals surface area (Å²) in [5.74, 6) is 1.01. The Balaban J connectivity index is 1.91. The van der Waals surface area contributed by atoms with E-state index in [2.05, 4.69) is 32.3 Å². The molecule has 0 aliphatic heterocycles. The highest BCUT2D eigenvalue weighted by atomic mass is 32.1. The third-order valence-electron chi connectivity index (χ3n) is 4.22. The van der Waals surface area contributed by atoms with E-state index in [1.54, 1.807) is 0 Å². The molecule has 1 N–H and O–H groups in total. The number of aryl methyl sites for hydroxylation is 2. The lowest BCUT2D eigenvalue weighted by Crippen LogP contribution is -2.16. The minimum Gasteiger partial charge on any atom is -0.312 e. The zero-order valence-electron chi connectivity index (χ0n) is 11.4. The molecular weight excluding hydrogens is 226 g/mol. The average molecular weight is 251 g/mol. The van der Waals surface area contributed by atoms with Crippen molar-refractivity contribution < 1.29 is 0 Å². The normalized spacial score (nSPS) is 18.8. The molecule has 2 rings (SSSR count). The smallest absolute Gasteiger partial charge is 0.0412 e. The summed E-state index contributed by atoms with van der Waals surface area (Å²) in [6.45, 7) is 4.45. The van der Waals surface area contributed by atoms with Crippen molar-refractivity contribution in [3.63, 3.8) is 0 Å². The molecule has 1 aromatic rings. The first kappa shape index (κ1) is 13.1. The van der Waals surface area contributed by atoms with Gasteiger partial charge in [0.05, 0.1) is 0 Å². The zero-order valence-corrected chi connectivity index (χ0v) is 12.2. The van der Waals surface area contributed by atoms with Gasteiger partial charge in [-0.3, -0.25) is 0 Å². The number of hydrogen-bond donors (Lipinski definition) is 1. The fourth-order valence-corrected chi connectivity index (χ4v) is 4.09. The van der Waals surface area contributed by atoms with Crippen molar-refractivity contribution in [2.75, 3.05) is 7.05 Å². The second-order valence-electron chi connectivity index (χ2n) is 5.46. The van der Waals surface area contributed by atoms with Crippen LogP contribution < -0.4 is 5.32 Å². The van der Waals surface area contributed by atoms with Gasteiger partial charge in [0, 0.05) is 15.8 Å². The molecule has 1 aromatic heterocycles. The molecule has 0 amide bonds. The summed E-state index contributed by atoms with van der Waals surface area (Å²) in [6.07, 6.45) is 8.58. The second-order valence-corrected chi connectivity index (χ2v) is 6.74. The van der Waals surface area contributed by atoms with Gasteiger partial charge in [-0.15, -0.1) is 11.3 Å². The second kappa shape index (κ2) is 6.01. The topological polar surface area (TPSA) is 12.0 Å². The Bertz CT molecular complexity index is 330. The van der Waals surface area contributed by atoms with Crippen LogP contribution in [0.1, 0.15) is 59.9 Å². The average Bonchev–Trinajstić information content (AvgIpc) is 2.91. The van der Waals surface area contributed by atoms with Gasteiger partial charge in [0.1, 0.15) is 0 Å². The van der Waals surface area contributed by atoms with E-state index in [-0.39, 0.29) is 0 Å². The van der Waals surface area contributed by atoms with Gasteiger partial charge in [0.25, 0.3) is 0 Å². The molecule has 1 aliphatic rings. The highest BCUT2D eigenvalue weighted by Crippen LogP contribution is 2.33. The molecule has 2 heteroatoms. The quantitative estimate of drug-likeness (QED) is 0.806. The lowest BCUT2D eigenvalue weighted by Gasteiger charge is -2.17. The lowest BCUT2D eigenvalue weighted by molar-refractivity contribution is 0.430. The Labute approximate surface area is 110 Å². The fraction of sp³-hybridized carbons (Fsp3) is 0.733. The highest BCUT2D eigenvalue weighted by molar-refractivity contribution is 7.12. The maximum Gasteiger partial charge on any atom is 0.0412 e. The van der Waals surface area contributed by atoms with Crippen molar-refractivity contribution in [1.29, 1.82) is 0 Å². The molecule has 1 aliphatic carbocycles. The Morgan fingerprint density at radius 1 is 1.35 bits per heavy atom. The maximum absolute atomic E-state index is 3.49. The number of nitrogens with one attached hydrogen (secondary N) is 1. The molecule has 1 heterocycles. The van der Waals surface area contributed by atoms with Gasteiger partial charge >= 0.3 is 0 Å². The molecule has 0 radical (unpaired) electrons. The largest absolute Gasteiger partial charge is 0.312 e. The van der Waals surface area contributed by atoms with E-state index >= 15 is 0 Å². The molecule has 0 bridgehead atoms. The van der Waals surface area contributed by atoms with Crippen molar-refractivity contribution in [3.8, 4) is 0 Å². The fourth-order valence-electron chi connectivity index (χ4n) is 2.90. The predicted molar refractivity (Wildman–Crippen MR) is 76.8 cm³/mol. The van der Waals surface area contributed by atoms with Crippen molar-refractivity contribution >= 4 is 11.3 Å². The summed E-state index contributed by atoms with van der Waals surface area (Å²) in [4.78, 5) is 3.00. The molecule has 1 fully saturated rings. The summed E-state index contributed by atoms with van der Waals surface area (Å²) in [5.41, 5.74) is 1.45. The Kier molecular flexibility index (Phi) is 4.63. The van der Waals surface area contributed by atoms with E-state index in [0.717, 1.165) is 5.92 Å². The van der Waals surface area contributed by atoms with Crippen LogP contribution in [-0.4, -0.2) is 7.05 Å². The lowest BCUT2D eigenvalue weighted by atomic mass is 9.98. The molecule has 0 saturated heterocycles. The number of rotatable bonds is 5. The van der Waals surface area contributed by atoms with Crippen molar-refractivity contribution in [3.05, 3.63) is 21.4 Å². The Hall–Kier alpha value is -0.340. The van der Waals surface area contributed by atoms with E-state index in [4.69, 9.17) is 0 Å². The van der Waals surface area contributed by atoms with Crippen molar-refractivity contribution in [2.45, 2.75) is 58.4 Å². The van der Waals surface area contributed by atoms with E-state index < -0.39 is 0 Å². The maximum atomic E-state index is 3.49. The van der Waals surface area contributed by atoms with Crippen LogP contribution in [0.3, 0.4) is 0 Å². The minimum absolute atomic E-state index is 0.577. The van der Waals surface area contributed by atoms with Crippen LogP contribution in [-0.2, 0) is 0 Å². The van der Waals surface area contributed by atoms with Gasteiger partial charge in [-0.05, 0) is 51.3 Å². The predicted octanol–water partition coefficient (Wildman–Crippen LogP) is 4.60. The highest BCUT2D eigenvalue weighted by Gasteiger charge is 2.18. The van der Waals surface area contributed by atoms with Crippen LogP contribution in [0.25, 0.3) is 0 Å². The van der Waals surface area contributed by atoms with Gasteiger partial charge < -0.3 is 5.32 Å². The molecule has 0 spiro atoms. The molecule has 1 nitrogen and oxygen atoms in total. The first-order valence-electron chi connectivity index (χ1n) is 6.95. The SMILES string of the molecule is CNC(CCC1CCCC1)c1cc(C)c(C)s1. The molecule has 0 aromatic carbocycles. The van der Waals surface area contributed by atoms with Crippen LogP contribution in [0.4, 0.5) is 0 Å². The number of hydrogen-bond acceptors (Lipinski definition) is 2. The monoisotopic (exact) mass is 251 g/mol. The summed E-state index contributed by atoms with van der Waals surface area (Å²) in [5, 5.41) is 3.49. The van der Waals surface area contributed by atoms with Gasteiger partial charge in [0.2, 0.25) is 0 Å². The van der Waals surface area contributed by atoms with E-state index in [9.17, 15) is 0 Å². The first-order chi connectivity index (χ1) is 8.20. The molecule has 96 valence electrons. The Morgan fingerprint density at radius 2 is 2.06 bits per heavy atom. The Morgan fingerprint density at radius 3 is 2.59 bits per heavy atom. The van der Waals surface area contributed by atoms with Crippen LogP contribution in [0.2, 0.25) is 0 Å². The van der Waals surface area contributed by atoms with Crippen LogP contribution >= 0.6 is 11.3 Å². The van der Waals surface area contributed by atoms with Gasteiger partial charge in [-0.2, -0.15) is 0 Å². The molecule has 1 atom stereocenters. The molecule has 17 heavy (non-hydrogen) atoms. The summed E-state index contributed by atoms with van der Waals surface area (Å²) >= 11 is 1.97. The molecular formula is C15H25NS. The summed E-state index contributed by atoms with van der Waals surface area (Å²) in [6, 6.07) is 2.95. The van der Waals surface area contributed by atoms with Gasteiger partial charge in [-0.25, -0.2) is 0 Å². The van der Waals surface area contributed by atoms with E-state index in [1.807, 2.05) is 11.3 Å². The number of thiophene rings is 1. The molecule has 1 saturated carbocycles. The van der Waals surface area contributed by atoms with Gasteiger partial charge in [-0.1, -0.05) is 25.7 Å². The zero-order chi connectivity index (χ0) is 12.3. The third-order valence-corrected chi connectivity index (χ3v) is 5.48. The van der Waals surface area contributed by atoms with Crippen molar-refractivity contribution in [1.82, 2.24) is 5.32 Å². The minimum atomic E-state index is 0.577. The molecule has 1 unspecified atom stereocenters. The standard InChI is InChI=1S/C15H25NS/c1-11-10-15(17-12(11)2)14(16-3)9-8-13-6-4-5-7-13/h10,13-14,16H,4-9H2,1-3H3. The van der Waals surface area contributed by atoms with E-state index in [0.29, 0.717) is 6.04 Å².